The summed E-state index contributed by atoms with van der Waals surface area (Å²) >= 11 is 1.40. The lowest BCUT2D eigenvalue weighted by atomic mass is 10.2. The lowest BCUT2D eigenvalue weighted by Gasteiger charge is -2.07. The van der Waals surface area contributed by atoms with Crippen molar-refractivity contribution in [1.29, 1.82) is 0 Å². The van der Waals surface area contributed by atoms with E-state index in [0.29, 0.717) is 33.7 Å². The molecule has 0 aliphatic carbocycles. The molecule has 146 valence electrons. The third-order valence-corrected chi connectivity index (χ3v) is 4.80. The highest BCUT2D eigenvalue weighted by Gasteiger charge is 2.16. The second kappa shape index (κ2) is 7.72. The predicted octanol–water partition coefficient (Wildman–Crippen LogP) is 4.11. The number of nitrogens with zero attached hydrogens (tertiary/aromatic N) is 3. The number of furan rings is 1. The summed E-state index contributed by atoms with van der Waals surface area (Å²) in [6.07, 6.45) is 1.59. The molecule has 0 fully saturated rings. The first-order chi connectivity index (χ1) is 14.0. The van der Waals surface area contributed by atoms with Crippen molar-refractivity contribution in [3.63, 3.8) is 0 Å². The molecule has 4 rings (SSSR count). The van der Waals surface area contributed by atoms with Crippen molar-refractivity contribution in [3.05, 3.63) is 65.4 Å². The van der Waals surface area contributed by atoms with E-state index >= 15 is 0 Å². The summed E-state index contributed by atoms with van der Waals surface area (Å²) in [5, 5.41) is 12.5. The van der Waals surface area contributed by atoms with Gasteiger partial charge in [-0.1, -0.05) is 0 Å². The van der Waals surface area contributed by atoms with E-state index in [2.05, 4.69) is 20.7 Å². The maximum atomic E-state index is 12.7. The summed E-state index contributed by atoms with van der Waals surface area (Å²) in [6.45, 7) is 3.27. The van der Waals surface area contributed by atoms with Crippen molar-refractivity contribution < 1.29 is 14.0 Å². The molecular weight excluding hydrogens is 390 g/mol. The quantitative estimate of drug-likeness (QED) is 0.518. The van der Waals surface area contributed by atoms with E-state index in [4.69, 9.17) is 4.42 Å². The first kappa shape index (κ1) is 18.6. The van der Waals surface area contributed by atoms with Crippen LogP contribution in [0.2, 0.25) is 0 Å². The Kier molecular flexibility index (Phi) is 4.96. The van der Waals surface area contributed by atoms with Gasteiger partial charge in [0, 0.05) is 29.6 Å². The largest absolute Gasteiger partial charge is 0.463 e. The van der Waals surface area contributed by atoms with Gasteiger partial charge in [-0.05, 0) is 43.3 Å². The highest BCUT2D eigenvalue weighted by Crippen LogP contribution is 2.26. The molecule has 8 nitrogen and oxygen atoms in total. The topological polar surface area (TPSA) is 102 Å². The molecule has 2 N–H and O–H groups in total. The standard InChI is InChI=1S/C20H17N5O3S/c1-12-10-18(23-19(27)14-5-7-15(8-6-14)21-13(2)26)25(24-12)20-22-16(11-29-20)17-4-3-9-28-17/h3-11H,1-2H3,(H,21,26)(H,23,27). The normalized spacial score (nSPS) is 10.7. The average molecular weight is 407 g/mol. The molecule has 0 spiro atoms. The van der Waals surface area contributed by atoms with E-state index in [0.717, 1.165) is 5.69 Å². The molecule has 3 heterocycles. The van der Waals surface area contributed by atoms with Gasteiger partial charge in [0.25, 0.3) is 5.91 Å². The Morgan fingerprint density at radius 3 is 2.62 bits per heavy atom. The van der Waals surface area contributed by atoms with Crippen LogP contribution in [-0.4, -0.2) is 26.6 Å². The summed E-state index contributed by atoms with van der Waals surface area (Å²) in [5.74, 6) is 0.724. The number of amides is 2. The maximum Gasteiger partial charge on any atom is 0.256 e. The molecule has 0 bridgehead atoms. The molecular formula is C20H17N5O3S. The Balaban J connectivity index is 1.55. The number of anilines is 2. The zero-order valence-electron chi connectivity index (χ0n) is 15.7. The van der Waals surface area contributed by atoms with E-state index < -0.39 is 0 Å². The van der Waals surface area contributed by atoms with Crippen LogP contribution in [0.25, 0.3) is 16.6 Å². The second-order valence-electron chi connectivity index (χ2n) is 6.29. The van der Waals surface area contributed by atoms with Gasteiger partial charge in [0.2, 0.25) is 11.0 Å². The number of nitrogens with one attached hydrogen (secondary N) is 2. The van der Waals surface area contributed by atoms with E-state index in [1.165, 1.54) is 18.3 Å². The Bertz CT molecular complexity index is 1160. The number of hydrogen-bond acceptors (Lipinski definition) is 6. The van der Waals surface area contributed by atoms with E-state index in [-0.39, 0.29) is 11.8 Å². The number of rotatable bonds is 5. The third-order valence-electron chi connectivity index (χ3n) is 3.99. The van der Waals surface area contributed by atoms with Crippen LogP contribution in [0.3, 0.4) is 0 Å². The molecule has 0 saturated heterocycles. The van der Waals surface area contributed by atoms with Crippen molar-refractivity contribution in [3.8, 4) is 16.6 Å². The summed E-state index contributed by atoms with van der Waals surface area (Å²) in [5.41, 5.74) is 2.54. The monoisotopic (exact) mass is 407 g/mol. The third kappa shape index (κ3) is 4.09. The summed E-state index contributed by atoms with van der Waals surface area (Å²) < 4.78 is 6.97. The van der Waals surface area contributed by atoms with Gasteiger partial charge in [-0.25, -0.2) is 4.98 Å². The molecule has 9 heteroatoms. The van der Waals surface area contributed by atoms with Crippen LogP contribution in [0, 0.1) is 6.92 Å². The minimum absolute atomic E-state index is 0.168. The van der Waals surface area contributed by atoms with Crippen LogP contribution >= 0.6 is 11.3 Å². The fourth-order valence-corrected chi connectivity index (χ4v) is 3.51. The van der Waals surface area contributed by atoms with Crippen LogP contribution in [-0.2, 0) is 4.79 Å². The fourth-order valence-electron chi connectivity index (χ4n) is 2.73. The molecule has 1 aromatic carbocycles. The number of carbonyl (C=O) groups excluding carboxylic acids is 2. The molecule has 0 aliphatic rings. The second-order valence-corrected chi connectivity index (χ2v) is 7.12. The minimum Gasteiger partial charge on any atom is -0.463 e. The Labute approximate surface area is 170 Å². The Morgan fingerprint density at radius 2 is 1.93 bits per heavy atom. The lowest BCUT2D eigenvalue weighted by Crippen LogP contribution is -2.15. The van der Waals surface area contributed by atoms with E-state index in [1.54, 1.807) is 47.3 Å². The lowest BCUT2D eigenvalue weighted by molar-refractivity contribution is -0.114. The van der Waals surface area contributed by atoms with Gasteiger partial charge in [-0.3, -0.25) is 9.59 Å². The van der Waals surface area contributed by atoms with Crippen LogP contribution in [0.1, 0.15) is 23.0 Å². The number of aryl methyl sites for hydroxylation is 1. The van der Waals surface area contributed by atoms with Crippen molar-refractivity contribution in [2.75, 3.05) is 10.6 Å². The summed E-state index contributed by atoms with van der Waals surface area (Å²) in [6, 6.07) is 12.1. The first-order valence-corrected chi connectivity index (χ1v) is 9.63. The van der Waals surface area contributed by atoms with Crippen molar-refractivity contribution in [2.45, 2.75) is 13.8 Å². The van der Waals surface area contributed by atoms with Gasteiger partial charge in [-0.15, -0.1) is 11.3 Å². The van der Waals surface area contributed by atoms with Crippen LogP contribution in [0.15, 0.2) is 58.5 Å². The molecule has 4 aromatic rings. The SMILES string of the molecule is CC(=O)Nc1ccc(C(=O)Nc2cc(C)nn2-c2nc(-c3ccco3)cs2)cc1. The molecule has 0 saturated carbocycles. The smallest absolute Gasteiger partial charge is 0.256 e. The zero-order chi connectivity index (χ0) is 20.4. The fraction of sp³-hybridized carbons (Fsp3) is 0.100. The number of hydrogen-bond donors (Lipinski definition) is 2. The highest BCUT2D eigenvalue weighted by atomic mass is 32.1. The number of aromatic nitrogens is 3. The van der Waals surface area contributed by atoms with Crippen molar-refractivity contribution in [2.24, 2.45) is 0 Å². The average Bonchev–Trinajstić information content (AvgIpc) is 3.42. The van der Waals surface area contributed by atoms with Crippen molar-refractivity contribution in [1.82, 2.24) is 14.8 Å². The number of benzene rings is 1. The minimum atomic E-state index is -0.289. The van der Waals surface area contributed by atoms with Crippen LogP contribution in [0.5, 0.6) is 0 Å². The summed E-state index contributed by atoms with van der Waals surface area (Å²) in [4.78, 5) is 28.3. The predicted molar refractivity (Wildman–Crippen MR) is 110 cm³/mol. The van der Waals surface area contributed by atoms with Gasteiger partial charge in [-0.2, -0.15) is 9.78 Å². The molecule has 0 unspecified atom stereocenters. The molecule has 29 heavy (non-hydrogen) atoms. The van der Waals surface area contributed by atoms with Gasteiger partial charge in [0.1, 0.15) is 11.5 Å². The Hall–Kier alpha value is -3.72. The number of thiazole rings is 1. The van der Waals surface area contributed by atoms with Gasteiger partial charge < -0.3 is 15.1 Å². The van der Waals surface area contributed by atoms with Gasteiger partial charge in [0.15, 0.2) is 5.76 Å². The summed E-state index contributed by atoms with van der Waals surface area (Å²) in [7, 11) is 0. The van der Waals surface area contributed by atoms with Gasteiger partial charge >= 0.3 is 0 Å². The number of carbonyl (C=O) groups is 2. The first-order valence-electron chi connectivity index (χ1n) is 8.75. The zero-order valence-corrected chi connectivity index (χ0v) is 16.5. The molecule has 0 aliphatic heterocycles. The van der Waals surface area contributed by atoms with Crippen LogP contribution in [0.4, 0.5) is 11.5 Å². The molecule has 3 aromatic heterocycles. The van der Waals surface area contributed by atoms with Crippen LogP contribution < -0.4 is 10.6 Å². The van der Waals surface area contributed by atoms with Gasteiger partial charge in [0.05, 0.1) is 12.0 Å². The maximum absolute atomic E-state index is 12.7. The molecule has 2 amide bonds. The molecule has 0 radical (unpaired) electrons. The highest BCUT2D eigenvalue weighted by molar-refractivity contribution is 7.12. The van der Waals surface area contributed by atoms with Crippen molar-refractivity contribution >= 4 is 34.7 Å². The molecule has 0 atom stereocenters. The Morgan fingerprint density at radius 1 is 1.14 bits per heavy atom. The van der Waals surface area contributed by atoms with E-state index in [9.17, 15) is 9.59 Å². The van der Waals surface area contributed by atoms with E-state index in [1.807, 2.05) is 18.4 Å².